The molecular weight excluding hydrogens is 490 g/mol. The third-order valence-electron chi connectivity index (χ3n) is 6.10. The van der Waals surface area contributed by atoms with Crippen molar-refractivity contribution in [2.45, 2.75) is 52.0 Å². The van der Waals surface area contributed by atoms with Crippen LogP contribution >= 0.6 is 35.3 Å². The molecule has 4 rings (SSSR count). The number of nitrogens with two attached hydrogens (primary N) is 1. The lowest BCUT2D eigenvalue weighted by Crippen LogP contribution is -2.08. The van der Waals surface area contributed by atoms with Crippen LogP contribution in [0.3, 0.4) is 0 Å². The summed E-state index contributed by atoms with van der Waals surface area (Å²) < 4.78 is 19.5. The van der Waals surface area contributed by atoms with Gasteiger partial charge in [-0.1, -0.05) is 48.4 Å². The Labute approximate surface area is 216 Å². The number of nitrogens with zero attached hydrogens (tertiary/aromatic N) is 1. The van der Waals surface area contributed by atoms with Crippen molar-refractivity contribution in [1.29, 1.82) is 0 Å². The Balaban J connectivity index is 0.00000324. The topological polar surface area (TPSA) is 48.1 Å². The number of ether oxygens (including phenoxy) is 1. The van der Waals surface area contributed by atoms with Crippen molar-refractivity contribution in [3.8, 4) is 28.8 Å². The van der Waals surface area contributed by atoms with Crippen molar-refractivity contribution < 1.29 is 9.13 Å². The molecule has 180 valence electrons. The normalized spacial score (nSPS) is 14.6. The molecule has 34 heavy (non-hydrogen) atoms. The Morgan fingerprint density at radius 1 is 1.18 bits per heavy atom. The molecule has 0 bridgehead atoms. The summed E-state index contributed by atoms with van der Waals surface area (Å²) in [5.74, 6) is 7.73. The van der Waals surface area contributed by atoms with Crippen LogP contribution in [0.15, 0.2) is 30.3 Å². The number of benzene rings is 2. The van der Waals surface area contributed by atoms with Crippen LogP contribution in [-0.2, 0) is 0 Å². The number of halogens is 3. The van der Waals surface area contributed by atoms with E-state index in [-0.39, 0.29) is 24.1 Å². The molecular formula is C27H29Cl2FN2OS. The Morgan fingerprint density at radius 2 is 1.91 bits per heavy atom. The lowest BCUT2D eigenvalue weighted by atomic mass is 9.93. The zero-order valence-corrected chi connectivity index (χ0v) is 22.1. The maximum Gasteiger partial charge on any atom is 0.126 e. The van der Waals surface area contributed by atoms with Crippen LogP contribution in [-0.4, -0.2) is 12.1 Å². The van der Waals surface area contributed by atoms with Crippen molar-refractivity contribution in [1.82, 2.24) is 4.98 Å². The van der Waals surface area contributed by atoms with Crippen molar-refractivity contribution in [3.63, 3.8) is 0 Å². The SMILES string of the molecule is COc1cc(Cl)c(-c2nc(C(N)C#C[C@@H](CC3CC3)c3ccc(C)c(F)c3)sc2C)cc1C.Cl. The highest BCUT2D eigenvalue weighted by atomic mass is 35.5. The molecule has 0 spiro atoms. The van der Waals surface area contributed by atoms with Crippen LogP contribution in [0.2, 0.25) is 5.02 Å². The number of aryl methyl sites for hydroxylation is 3. The molecule has 0 saturated heterocycles. The van der Waals surface area contributed by atoms with E-state index in [2.05, 4.69) is 11.8 Å². The minimum absolute atomic E-state index is 0. The van der Waals surface area contributed by atoms with E-state index < -0.39 is 6.04 Å². The van der Waals surface area contributed by atoms with Crippen molar-refractivity contribution in [2.24, 2.45) is 11.7 Å². The predicted octanol–water partition coefficient (Wildman–Crippen LogP) is 7.55. The average Bonchev–Trinajstić information content (AvgIpc) is 3.53. The summed E-state index contributed by atoms with van der Waals surface area (Å²) in [5.41, 5.74) is 10.7. The summed E-state index contributed by atoms with van der Waals surface area (Å²) in [6.45, 7) is 5.76. The molecule has 0 radical (unpaired) electrons. The number of rotatable bonds is 6. The first-order chi connectivity index (χ1) is 15.8. The molecule has 1 aliphatic rings. The third kappa shape index (κ3) is 5.93. The van der Waals surface area contributed by atoms with Crippen molar-refractivity contribution in [2.75, 3.05) is 7.11 Å². The monoisotopic (exact) mass is 518 g/mol. The van der Waals surface area contributed by atoms with Gasteiger partial charge in [0, 0.05) is 16.4 Å². The second-order valence-corrected chi connectivity index (χ2v) is 10.4. The van der Waals surface area contributed by atoms with Crippen LogP contribution in [0.4, 0.5) is 4.39 Å². The van der Waals surface area contributed by atoms with Gasteiger partial charge in [0.05, 0.1) is 17.8 Å². The van der Waals surface area contributed by atoms with E-state index in [0.717, 1.165) is 44.4 Å². The minimum Gasteiger partial charge on any atom is -0.496 e. The van der Waals surface area contributed by atoms with E-state index in [1.165, 1.54) is 24.2 Å². The van der Waals surface area contributed by atoms with Crippen LogP contribution in [0, 0.1) is 44.3 Å². The van der Waals surface area contributed by atoms with Gasteiger partial charge in [-0.25, -0.2) is 9.37 Å². The Morgan fingerprint density at radius 3 is 2.56 bits per heavy atom. The van der Waals surface area contributed by atoms with E-state index in [0.29, 0.717) is 16.5 Å². The number of methoxy groups -OCH3 is 1. The Kier molecular flexibility index (Phi) is 8.65. The van der Waals surface area contributed by atoms with E-state index in [1.54, 1.807) is 20.1 Å². The highest BCUT2D eigenvalue weighted by Gasteiger charge is 2.26. The average molecular weight is 520 g/mol. The van der Waals surface area contributed by atoms with Crippen LogP contribution in [0.5, 0.6) is 5.75 Å². The Hall–Kier alpha value is -2.10. The summed E-state index contributed by atoms with van der Waals surface area (Å²) in [6.07, 6.45) is 3.37. The van der Waals surface area contributed by atoms with Crippen LogP contribution in [0.1, 0.15) is 57.8 Å². The lowest BCUT2D eigenvalue weighted by Gasteiger charge is -2.12. The second-order valence-electron chi connectivity index (χ2n) is 8.77. The first kappa shape index (κ1) is 26.5. The fourth-order valence-electron chi connectivity index (χ4n) is 3.91. The van der Waals surface area contributed by atoms with E-state index in [1.807, 2.05) is 38.1 Å². The smallest absolute Gasteiger partial charge is 0.126 e. The van der Waals surface area contributed by atoms with E-state index in [9.17, 15) is 4.39 Å². The molecule has 1 heterocycles. The maximum absolute atomic E-state index is 14.2. The predicted molar refractivity (Wildman–Crippen MR) is 142 cm³/mol. The van der Waals surface area contributed by atoms with Gasteiger partial charge in [-0.05, 0) is 68.0 Å². The molecule has 0 amide bonds. The number of thiazole rings is 1. The maximum atomic E-state index is 14.2. The molecule has 3 nitrogen and oxygen atoms in total. The number of hydrogen-bond donors (Lipinski definition) is 1. The summed E-state index contributed by atoms with van der Waals surface area (Å²) in [6, 6.07) is 8.70. The van der Waals surface area contributed by atoms with Gasteiger partial charge in [0.25, 0.3) is 0 Å². The molecule has 7 heteroatoms. The summed E-state index contributed by atoms with van der Waals surface area (Å²) in [7, 11) is 1.63. The summed E-state index contributed by atoms with van der Waals surface area (Å²) in [4.78, 5) is 5.82. The molecule has 1 aliphatic carbocycles. The van der Waals surface area contributed by atoms with E-state index in [4.69, 9.17) is 27.1 Å². The standard InChI is InChI=1S/C27H28ClFN2OS.ClH/c1-15-5-8-20(13-23(15)29)19(12-18-6-7-18)9-10-24(30)27-31-26(17(3)33-27)21-11-16(2)25(32-4)14-22(21)28;/h5,8,11,13-14,18-19,24H,6-7,12,30H2,1-4H3;1H/t19-,24?;/m0./s1. The number of hydrogen-bond acceptors (Lipinski definition) is 4. The lowest BCUT2D eigenvalue weighted by molar-refractivity contribution is 0.412. The molecule has 1 aromatic heterocycles. The van der Waals surface area contributed by atoms with Gasteiger partial charge in [0.15, 0.2) is 0 Å². The first-order valence-electron chi connectivity index (χ1n) is 11.1. The van der Waals surface area contributed by atoms with Crippen molar-refractivity contribution in [3.05, 3.63) is 67.7 Å². The molecule has 2 atom stereocenters. The molecule has 3 aromatic rings. The van der Waals surface area contributed by atoms with Crippen LogP contribution < -0.4 is 10.5 Å². The molecule has 1 fully saturated rings. The van der Waals surface area contributed by atoms with Gasteiger partial charge in [0.2, 0.25) is 0 Å². The second kappa shape index (κ2) is 11.1. The summed E-state index contributed by atoms with van der Waals surface area (Å²) >= 11 is 8.05. The van der Waals surface area contributed by atoms with Gasteiger partial charge in [-0.15, -0.1) is 23.7 Å². The molecule has 1 saturated carbocycles. The van der Waals surface area contributed by atoms with Crippen molar-refractivity contribution >= 4 is 35.3 Å². The number of aromatic nitrogens is 1. The molecule has 1 unspecified atom stereocenters. The fraction of sp³-hybridized carbons (Fsp3) is 0.370. The van der Waals surface area contributed by atoms with Crippen LogP contribution in [0.25, 0.3) is 11.3 Å². The quantitative estimate of drug-likeness (QED) is 0.342. The zero-order chi connectivity index (χ0) is 23.7. The van der Waals surface area contributed by atoms with Gasteiger partial charge in [-0.2, -0.15) is 0 Å². The third-order valence-corrected chi connectivity index (χ3v) is 7.46. The van der Waals surface area contributed by atoms with Gasteiger partial charge in [0.1, 0.15) is 22.6 Å². The fourth-order valence-corrected chi connectivity index (χ4v) is 5.04. The summed E-state index contributed by atoms with van der Waals surface area (Å²) in [5, 5.41) is 1.34. The van der Waals surface area contributed by atoms with Gasteiger partial charge >= 0.3 is 0 Å². The zero-order valence-electron chi connectivity index (χ0n) is 19.7. The largest absolute Gasteiger partial charge is 0.496 e. The molecule has 0 aliphatic heterocycles. The highest BCUT2D eigenvalue weighted by Crippen LogP contribution is 2.39. The highest BCUT2D eigenvalue weighted by molar-refractivity contribution is 7.12. The minimum atomic E-state index is -0.516. The molecule has 2 N–H and O–H groups in total. The van der Waals surface area contributed by atoms with E-state index >= 15 is 0 Å². The van der Waals surface area contributed by atoms with Gasteiger partial charge in [-0.3, -0.25) is 0 Å². The Bertz CT molecular complexity index is 1240. The molecule has 2 aromatic carbocycles. The first-order valence-corrected chi connectivity index (χ1v) is 12.3. The van der Waals surface area contributed by atoms with Gasteiger partial charge < -0.3 is 10.5 Å².